The first-order valence-corrected chi connectivity index (χ1v) is 7.99. The van der Waals surface area contributed by atoms with Crippen LogP contribution in [-0.4, -0.2) is 73.3 Å². The summed E-state index contributed by atoms with van der Waals surface area (Å²) in [7, 11) is 0. The highest BCUT2D eigenvalue weighted by molar-refractivity contribution is 6.05. The van der Waals surface area contributed by atoms with Crippen LogP contribution in [0.15, 0.2) is 0 Å². The highest BCUT2D eigenvalue weighted by Crippen LogP contribution is 2.26. The molecule has 0 bridgehead atoms. The highest BCUT2D eigenvalue weighted by atomic mass is 16.7. The molecule has 5 atom stereocenters. The Bertz CT molecular complexity index is 652. The molecule has 13 nitrogen and oxygen atoms in total. The maximum atomic E-state index is 12.2. The standard InChI is InChI=1S/C15H21N3O10/c1-6(20)25-4-9-11(26-7(2)21)12(27-8(3)22)15(28-9)18-14(24)10(13(16)23)17-5-19/h5,9-12,15H,4H2,1-3H3,(H2,16,23)(H,17,19)(H,18,24)/t9-,10?,11-,12-,15-/m1/s1. The number of nitrogens with two attached hydrogens (primary N) is 1. The van der Waals surface area contributed by atoms with Crippen LogP contribution in [-0.2, 0) is 47.7 Å². The van der Waals surface area contributed by atoms with Gasteiger partial charge in [-0.1, -0.05) is 0 Å². The molecule has 1 saturated heterocycles. The predicted molar refractivity (Wildman–Crippen MR) is 86.7 cm³/mol. The Hall–Kier alpha value is -3.22. The minimum atomic E-state index is -1.72. The van der Waals surface area contributed by atoms with Gasteiger partial charge >= 0.3 is 17.9 Å². The average molecular weight is 403 g/mol. The number of esters is 3. The minimum absolute atomic E-state index is 0.0965. The number of hydrogen-bond donors (Lipinski definition) is 3. The van der Waals surface area contributed by atoms with E-state index in [0.717, 1.165) is 20.8 Å². The Labute approximate surface area is 159 Å². The Balaban J connectivity index is 3.07. The van der Waals surface area contributed by atoms with Gasteiger partial charge in [0.1, 0.15) is 12.7 Å². The second-order valence-electron chi connectivity index (χ2n) is 5.67. The van der Waals surface area contributed by atoms with Crippen LogP contribution in [0, 0.1) is 0 Å². The average Bonchev–Trinajstić information content (AvgIpc) is 2.86. The van der Waals surface area contributed by atoms with Crippen molar-refractivity contribution in [3.8, 4) is 0 Å². The second kappa shape index (κ2) is 10.2. The van der Waals surface area contributed by atoms with Gasteiger partial charge in [-0.2, -0.15) is 0 Å². The van der Waals surface area contributed by atoms with E-state index >= 15 is 0 Å². The summed E-state index contributed by atoms with van der Waals surface area (Å²) in [6.07, 6.45) is -4.93. The van der Waals surface area contributed by atoms with E-state index in [-0.39, 0.29) is 13.0 Å². The van der Waals surface area contributed by atoms with Gasteiger partial charge in [0, 0.05) is 20.8 Å². The van der Waals surface area contributed by atoms with Gasteiger partial charge < -0.3 is 35.3 Å². The van der Waals surface area contributed by atoms with Crippen molar-refractivity contribution in [3.63, 3.8) is 0 Å². The molecule has 1 unspecified atom stereocenters. The SMILES string of the molecule is CC(=O)OC[C@H]1O[C@@H](NC(=O)C(NC=O)C(N)=O)[C@H](OC(C)=O)[C@@H]1OC(C)=O. The fraction of sp³-hybridized carbons (Fsp3) is 0.600. The molecular weight excluding hydrogens is 382 g/mol. The molecule has 1 aliphatic rings. The molecule has 0 spiro atoms. The Kier molecular flexibility index (Phi) is 8.31. The van der Waals surface area contributed by atoms with Crippen LogP contribution in [0.1, 0.15) is 20.8 Å². The molecular formula is C15H21N3O10. The minimum Gasteiger partial charge on any atom is -0.463 e. The lowest BCUT2D eigenvalue weighted by atomic mass is 10.1. The third kappa shape index (κ3) is 6.50. The lowest BCUT2D eigenvalue weighted by molar-refractivity contribution is -0.166. The summed E-state index contributed by atoms with van der Waals surface area (Å²) in [5, 5.41) is 4.15. The van der Waals surface area contributed by atoms with Crippen molar-refractivity contribution in [2.45, 2.75) is 51.4 Å². The monoisotopic (exact) mass is 403 g/mol. The molecule has 4 N–H and O–H groups in total. The van der Waals surface area contributed by atoms with Gasteiger partial charge in [0.15, 0.2) is 24.5 Å². The zero-order valence-corrected chi connectivity index (χ0v) is 15.3. The van der Waals surface area contributed by atoms with Crippen molar-refractivity contribution in [1.29, 1.82) is 0 Å². The van der Waals surface area contributed by atoms with Crippen LogP contribution >= 0.6 is 0 Å². The second-order valence-corrected chi connectivity index (χ2v) is 5.67. The highest BCUT2D eigenvalue weighted by Gasteiger charge is 2.50. The Morgan fingerprint density at radius 1 is 1.04 bits per heavy atom. The number of amides is 3. The quantitative estimate of drug-likeness (QED) is 0.153. The van der Waals surface area contributed by atoms with E-state index in [2.05, 4.69) is 5.32 Å². The molecule has 156 valence electrons. The van der Waals surface area contributed by atoms with E-state index in [1.807, 2.05) is 5.32 Å². The van der Waals surface area contributed by atoms with Gasteiger partial charge in [0.2, 0.25) is 12.3 Å². The zero-order valence-electron chi connectivity index (χ0n) is 15.3. The van der Waals surface area contributed by atoms with Crippen molar-refractivity contribution in [3.05, 3.63) is 0 Å². The molecule has 0 radical (unpaired) electrons. The van der Waals surface area contributed by atoms with Crippen LogP contribution in [0.5, 0.6) is 0 Å². The van der Waals surface area contributed by atoms with E-state index in [0.29, 0.717) is 0 Å². The Morgan fingerprint density at radius 2 is 1.61 bits per heavy atom. The number of hydrogen-bond acceptors (Lipinski definition) is 10. The number of rotatable bonds is 9. The van der Waals surface area contributed by atoms with Crippen molar-refractivity contribution in [2.75, 3.05) is 6.61 Å². The van der Waals surface area contributed by atoms with Gasteiger partial charge in [-0.15, -0.1) is 0 Å². The number of nitrogens with one attached hydrogen (secondary N) is 2. The van der Waals surface area contributed by atoms with E-state index < -0.39 is 60.3 Å². The fourth-order valence-corrected chi connectivity index (χ4v) is 2.41. The maximum absolute atomic E-state index is 12.2. The summed E-state index contributed by atoms with van der Waals surface area (Å²) in [5.74, 6) is -4.39. The van der Waals surface area contributed by atoms with Crippen molar-refractivity contribution in [2.24, 2.45) is 5.73 Å². The molecule has 0 aromatic rings. The first-order valence-electron chi connectivity index (χ1n) is 7.99. The largest absolute Gasteiger partial charge is 0.463 e. The topological polar surface area (TPSA) is 189 Å². The van der Waals surface area contributed by atoms with E-state index in [1.54, 1.807) is 0 Å². The first-order chi connectivity index (χ1) is 13.1. The molecule has 0 aromatic carbocycles. The molecule has 3 amide bonds. The lowest BCUT2D eigenvalue weighted by Crippen LogP contribution is -2.56. The molecule has 1 aliphatic heterocycles. The first kappa shape index (κ1) is 22.8. The molecule has 28 heavy (non-hydrogen) atoms. The number of carbonyl (C=O) groups excluding carboxylic acids is 6. The number of carbonyl (C=O) groups is 6. The number of primary amides is 1. The summed E-state index contributed by atoms with van der Waals surface area (Å²) in [6, 6.07) is -1.72. The molecule has 0 saturated carbocycles. The third-order valence-electron chi connectivity index (χ3n) is 3.43. The van der Waals surface area contributed by atoms with Gasteiger partial charge in [-0.25, -0.2) is 0 Å². The van der Waals surface area contributed by atoms with Crippen LogP contribution in [0.3, 0.4) is 0 Å². The van der Waals surface area contributed by atoms with Crippen LogP contribution in [0.25, 0.3) is 0 Å². The number of ether oxygens (including phenoxy) is 4. The predicted octanol–water partition coefficient (Wildman–Crippen LogP) is -3.15. The summed E-state index contributed by atoms with van der Waals surface area (Å²) in [6.45, 7) is 2.93. The lowest BCUT2D eigenvalue weighted by Gasteiger charge is -2.24. The maximum Gasteiger partial charge on any atom is 0.303 e. The molecule has 1 heterocycles. The van der Waals surface area contributed by atoms with E-state index in [9.17, 15) is 28.8 Å². The van der Waals surface area contributed by atoms with E-state index in [1.165, 1.54) is 0 Å². The fourth-order valence-electron chi connectivity index (χ4n) is 2.41. The zero-order chi connectivity index (χ0) is 21.4. The van der Waals surface area contributed by atoms with Gasteiger partial charge in [-0.05, 0) is 0 Å². The molecule has 13 heteroatoms. The summed E-state index contributed by atoms with van der Waals surface area (Å²) < 4.78 is 20.5. The van der Waals surface area contributed by atoms with Gasteiger partial charge in [-0.3, -0.25) is 28.8 Å². The molecule has 0 aliphatic carbocycles. The van der Waals surface area contributed by atoms with Crippen LogP contribution < -0.4 is 16.4 Å². The summed E-state index contributed by atoms with van der Waals surface area (Å²) in [5.41, 5.74) is 5.04. The van der Waals surface area contributed by atoms with Crippen molar-refractivity contribution in [1.82, 2.24) is 10.6 Å². The van der Waals surface area contributed by atoms with Gasteiger partial charge in [0.05, 0.1) is 0 Å². The molecule has 1 fully saturated rings. The third-order valence-corrected chi connectivity index (χ3v) is 3.43. The summed E-state index contributed by atoms with van der Waals surface area (Å²) >= 11 is 0. The normalized spacial score (nSPS) is 24.4. The van der Waals surface area contributed by atoms with Crippen LogP contribution in [0.2, 0.25) is 0 Å². The Morgan fingerprint density at radius 3 is 2.07 bits per heavy atom. The molecule has 0 aromatic heterocycles. The van der Waals surface area contributed by atoms with Crippen LogP contribution in [0.4, 0.5) is 0 Å². The van der Waals surface area contributed by atoms with Gasteiger partial charge in [0.25, 0.3) is 5.91 Å². The van der Waals surface area contributed by atoms with Crippen molar-refractivity contribution < 1.29 is 47.7 Å². The summed E-state index contributed by atoms with van der Waals surface area (Å²) in [4.78, 5) is 67.9. The molecule has 1 rings (SSSR count). The smallest absolute Gasteiger partial charge is 0.303 e. The van der Waals surface area contributed by atoms with E-state index in [4.69, 9.17) is 24.7 Å². The van der Waals surface area contributed by atoms with Crippen molar-refractivity contribution >= 4 is 36.1 Å².